The maximum absolute atomic E-state index is 16.3. The molecule has 0 aliphatic heterocycles. The lowest BCUT2D eigenvalue weighted by Gasteiger charge is -2.64. The Morgan fingerprint density at radius 1 is 1.12 bits per heavy atom. The van der Waals surface area contributed by atoms with Crippen LogP contribution in [0, 0.1) is 34.5 Å². The number of halogens is 1. The molecular weight excluding hydrogens is 315 g/mol. The van der Waals surface area contributed by atoms with Crippen molar-refractivity contribution in [3.05, 3.63) is 12.7 Å². The molecule has 4 fully saturated rings. The normalized spacial score (nSPS) is 58.2. The Morgan fingerprint density at radius 3 is 2.52 bits per heavy atom. The summed E-state index contributed by atoms with van der Waals surface area (Å²) in [4.78, 5) is 12.5. The average Bonchev–Trinajstić information content (AvgIpc) is 2.83. The van der Waals surface area contributed by atoms with Gasteiger partial charge in [0.2, 0.25) is 0 Å². The summed E-state index contributed by atoms with van der Waals surface area (Å²) in [5.74, 6) is 1.80. The lowest BCUT2D eigenvalue weighted by Crippen LogP contribution is -2.63. The van der Waals surface area contributed by atoms with Crippen LogP contribution in [0.5, 0.6) is 0 Å². The van der Waals surface area contributed by atoms with E-state index >= 15 is 4.39 Å². The fraction of sp³-hybridized carbons (Fsp3) is 0.864. The lowest BCUT2D eigenvalue weighted by atomic mass is 9.42. The Kier molecular flexibility index (Phi) is 3.67. The minimum absolute atomic E-state index is 0.225. The summed E-state index contributed by atoms with van der Waals surface area (Å²) in [6, 6.07) is 0. The Bertz CT molecular complexity index is 613. The van der Waals surface area contributed by atoms with Crippen LogP contribution in [0.2, 0.25) is 0 Å². The molecule has 2 unspecified atom stereocenters. The number of alkyl halides is 1. The Labute approximate surface area is 151 Å². The smallest absolute Gasteiger partial charge is 0.139 e. The SMILES string of the molecule is C=CC1(F)C[C@@H]2[C@H](CC[C@]3(C)C(=O)CC[C@@H]23)[C@H]2CC[C@@](C)(O)CC21C. The predicted molar refractivity (Wildman–Crippen MR) is 96.8 cm³/mol. The molecule has 0 saturated heterocycles. The first-order valence-corrected chi connectivity index (χ1v) is 10.1. The molecule has 8 atom stereocenters. The molecule has 0 bridgehead atoms. The molecule has 2 nitrogen and oxygen atoms in total. The zero-order chi connectivity index (χ0) is 18.3. The van der Waals surface area contributed by atoms with Crippen molar-refractivity contribution >= 4 is 5.78 Å². The molecule has 0 aromatic rings. The van der Waals surface area contributed by atoms with Crippen LogP contribution in [0.4, 0.5) is 4.39 Å². The second-order valence-electron chi connectivity index (χ2n) is 10.4. The summed E-state index contributed by atoms with van der Waals surface area (Å²) in [5, 5.41) is 10.7. The summed E-state index contributed by atoms with van der Waals surface area (Å²) in [6.45, 7) is 9.92. The first-order valence-electron chi connectivity index (χ1n) is 10.1. The Hall–Kier alpha value is -0.700. The zero-order valence-corrected chi connectivity index (χ0v) is 16.0. The van der Waals surface area contributed by atoms with Crippen molar-refractivity contribution in [2.45, 2.75) is 83.4 Å². The maximum atomic E-state index is 16.3. The van der Waals surface area contributed by atoms with E-state index in [4.69, 9.17) is 0 Å². The molecule has 140 valence electrons. The molecule has 0 amide bonds. The van der Waals surface area contributed by atoms with Gasteiger partial charge in [-0.1, -0.05) is 26.5 Å². The first kappa shape index (κ1) is 17.7. The van der Waals surface area contributed by atoms with Gasteiger partial charge in [-0.05, 0) is 75.5 Å². The maximum Gasteiger partial charge on any atom is 0.139 e. The zero-order valence-electron chi connectivity index (χ0n) is 16.0. The Morgan fingerprint density at radius 2 is 1.84 bits per heavy atom. The van der Waals surface area contributed by atoms with Gasteiger partial charge in [-0.3, -0.25) is 4.79 Å². The van der Waals surface area contributed by atoms with Crippen LogP contribution in [0.25, 0.3) is 0 Å². The quantitative estimate of drug-likeness (QED) is 0.688. The molecule has 25 heavy (non-hydrogen) atoms. The molecule has 4 saturated carbocycles. The molecule has 4 aliphatic rings. The number of rotatable bonds is 1. The highest BCUT2D eigenvalue weighted by molar-refractivity contribution is 5.87. The molecule has 0 heterocycles. The van der Waals surface area contributed by atoms with Crippen molar-refractivity contribution in [3.8, 4) is 0 Å². The van der Waals surface area contributed by atoms with Gasteiger partial charge in [0.1, 0.15) is 11.5 Å². The van der Waals surface area contributed by atoms with Crippen molar-refractivity contribution in [1.82, 2.24) is 0 Å². The summed E-state index contributed by atoms with van der Waals surface area (Å²) >= 11 is 0. The fourth-order valence-electron chi connectivity index (χ4n) is 7.71. The second-order valence-corrected chi connectivity index (χ2v) is 10.4. The summed E-state index contributed by atoms with van der Waals surface area (Å²) in [7, 11) is 0. The number of Topliss-reactive ketones (excluding diaryl/α,β-unsaturated/α-hetero) is 1. The van der Waals surface area contributed by atoms with Crippen molar-refractivity contribution in [3.63, 3.8) is 0 Å². The minimum Gasteiger partial charge on any atom is -0.390 e. The summed E-state index contributed by atoms with van der Waals surface area (Å²) in [5.41, 5.74) is -3.01. The van der Waals surface area contributed by atoms with Crippen molar-refractivity contribution in [2.24, 2.45) is 34.5 Å². The van der Waals surface area contributed by atoms with Gasteiger partial charge < -0.3 is 5.11 Å². The minimum atomic E-state index is -1.45. The monoisotopic (exact) mass is 348 g/mol. The van der Waals surface area contributed by atoms with Gasteiger partial charge in [0.25, 0.3) is 0 Å². The fourth-order valence-corrected chi connectivity index (χ4v) is 7.71. The van der Waals surface area contributed by atoms with Crippen molar-refractivity contribution < 1.29 is 14.3 Å². The molecule has 4 aliphatic carbocycles. The molecular formula is C22H33FO2. The van der Waals surface area contributed by atoms with Crippen LogP contribution in [-0.2, 0) is 4.79 Å². The standard InChI is InChI=1S/C22H33FO2/c1-5-22(23)12-15-14(8-11-20(3)16(15)6-7-18(20)24)17-9-10-19(2,25)13-21(17,22)4/h5,14-17,25H,1,6-13H2,2-4H3/t14-,15+,16-,17+,19+,20-,21?,22?/m0/s1. The van der Waals surface area contributed by atoms with Crippen LogP contribution >= 0.6 is 0 Å². The molecule has 0 radical (unpaired) electrons. The molecule has 0 spiro atoms. The number of ketones is 1. The van der Waals surface area contributed by atoms with E-state index in [1.165, 1.54) is 6.08 Å². The third-order valence-electron chi connectivity index (χ3n) is 9.08. The highest BCUT2D eigenvalue weighted by Gasteiger charge is 2.67. The van der Waals surface area contributed by atoms with Crippen LogP contribution in [0.15, 0.2) is 12.7 Å². The van der Waals surface area contributed by atoms with Gasteiger partial charge in [-0.25, -0.2) is 4.39 Å². The van der Waals surface area contributed by atoms with Gasteiger partial charge in [-0.15, -0.1) is 0 Å². The van der Waals surface area contributed by atoms with Crippen LogP contribution in [0.3, 0.4) is 0 Å². The van der Waals surface area contributed by atoms with Crippen molar-refractivity contribution in [1.29, 1.82) is 0 Å². The number of hydrogen-bond donors (Lipinski definition) is 1. The summed E-state index contributed by atoms with van der Waals surface area (Å²) in [6.07, 6.45) is 7.79. The van der Waals surface area contributed by atoms with Crippen LogP contribution < -0.4 is 0 Å². The van der Waals surface area contributed by atoms with E-state index in [0.29, 0.717) is 36.9 Å². The Balaban J connectivity index is 1.75. The molecule has 4 rings (SSSR count). The average molecular weight is 349 g/mol. The van der Waals surface area contributed by atoms with E-state index in [1.807, 2.05) is 6.92 Å². The number of allylic oxidation sites excluding steroid dienone is 1. The lowest BCUT2D eigenvalue weighted by molar-refractivity contribution is -0.193. The molecule has 0 aromatic heterocycles. The number of carbonyl (C=O) groups excluding carboxylic acids is 1. The predicted octanol–water partition coefficient (Wildman–Crippen LogP) is 4.85. The first-order chi connectivity index (χ1) is 11.6. The third-order valence-corrected chi connectivity index (χ3v) is 9.08. The van der Waals surface area contributed by atoms with E-state index in [-0.39, 0.29) is 17.3 Å². The highest BCUT2D eigenvalue weighted by atomic mass is 19.1. The van der Waals surface area contributed by atoms with Gasteiger partial charge >= 0.3 is 0 Å². The van der Waals surface area contributed by atoms with Gasteiger partial charge in [0, 0.05) is 17.3 Å². The van der Waals surface area contributed by atoms with Gasteiger partial charge in [0.15, 0.2) is 0 Å². The number of fused-ring (bicyclic) bond motifs is 5. The molecule has 0 aromatic carbocycles. The van der Waals surface area contributed by atoms with Crippen LogP contribution in [0.1, 0.15) is 72.1 Å². The van der Waals surface area contributed by atoms with Crippen LogP contribution in [-0.4, -0.2) is 22.2 Å². The van der Waals surface area contributed by atoms with Gasteiger partial charge in [0.05, 0.1) is 5.60 Å². The summed E-state index contributed by atoms with van der Waals surface area (Å²) < 4.78 is 16.3. The van der Waals surface area contributed by atoms with E-state index in [1.54, 1.807) is 0 Å². The van der Waals surface area contributed by atoms with Crippen molar-refractivity contribution in [2.75, 3.05) is 0 Å². The second kappa shape index (κ2) is 5.18. The van der Waals surface area contributed by atoms with Gasteiger partial charge in [-0.2, -0.15) is 0 Å². The largest absolute Gasteiger partial charge is 0.390 e. The molecule has 3 heteroatoms. The van der Waals surface area contributed by atoms with E-state index < -0.39 is 16.7 Å². The highest BCUT2D eigenvalue weighted by Crippen LogP contribution is 2.68. The molecule has 1 N–H and O–H groups in total. The topological polar surface area (TPSA) is 37.3 Å². The van der Waals surface area contributed by atoms with E-state index in [0.717, 1.165) is 32.1 Å². The van der Waals surface area contributed by atoms with E-state index in [2.05, 4.69) is 20.4 Å². The third kappa shape index (κ3) is 2.20. The number of hydrogen-bond acceptors (Lipinski definition) is 2. The van der Waals surface area contributed by atoms with E-state index in [9.17, 15) is 9.90 Å². The number of carbonyl (C=O) groups is 1. The number of aliphatic hydroxyl groups is 1.